The van der Waals surface area contributed by atoms with Crippen molar-refractivity contribution >= 4 is 17.6 Å². The SMILES string of the molecule is C[C@H]1CC[C@]2(CC(n3ccnn3)=NO2)[C@H]2CN1C(=O)c1c(OCc3ccccc3)c(=O)c(C(=O)NCc3c(F)cc(F)cc3F)cn12. The van der Waals surface area contributed by atoms with E-state index in [1.165, 1.54) is 21.6 Å². The molecule has 0 unspecified atom stereocenters. The Morgan fingerprint density at radius 2 is 1.91 bits per heavy atom. The number of hydrogen-bond acceptors (Lipinski definition) is 8. The first kappa shape index (κ1) is 30.2. The van der Waals surface area contributed by atoms with Crippen molar-refractivity contribution in [2.75, 3.05) is 6.54 Å². The smallest absolute Gasteiger partial charge is 0.274 e. The van der Waals surface area contributed by atoms with Gasteiger partial charge in [-0.2, -0.15) is 0 Å². The van der Waals surface area contributed by atoms with Gasteiger partial charge >= 0.3 is 0 Å². The van der Waals surface area contributed by atoms with Crippen LogP contribution in [0.1, 0.15) is 64.2 Å². The van der Waals surface area contributed by atoms with Crippen molar-refractivity contribution < 1.29 is 32.3 Å². The molecule has 0 aliphatic carbocycles. The molecule has 2 aromatic carbocycles. The predicted octanol–water partition coefficient (Wildman–Crippen LogP) is 3.57. The molecule has 1 spiro atoms. The molecule has 5 heterocycles. The first-order chi connectivity index (χ1) is 22.6. The summed E-state index contributed by atoms with van der Waals surface area (Å²) in [6.45, 7) is 1.33. The van der Waals surface area contributed by atoms with Crippen molar-refractivity contribution in [3.05, 3.63) is 111 Å². The Hall–Kier alpha value is -5.47. The molecule has 3 atom stereocenters. The molecule has 12 nitrogen and oxygen atoms in total. The predicted molar refractivity (Wildman–Crippen MR) is 159 cm³/mol. The van der Waals surface area contributed by atoms with Crippen LogP contribution in [-0.2, 0) is 18.0 Å². The van der Waals surface area contributed by atoms with Gasteiger partial charge in [-0.1, -0.05) is 40.7 Å². The molecule has 1 fully saturated rings. The maximum absolute atomic E-state index is 14.4. The Labute approximate surface area is 265 Å². The number of hydrogen-bond donors (Lipinski definition) is 1. The van der Waals surface area contributed by atoms with E-state index in [1.54, 1.807) is 35.4 Å². The Morgan fingerprint density at radius 1 is 1.15 bits per heavy atom. The van der Waals surface area contributed by atoms with Gasteiger partial charge in [-0.05, 0) is 25.3 Å². The van der Waals surface area contributed by atoms with E-state index < -0.39 is 64.0 Å². The molecule has 2 amide bonds. The number of carbonyl (C=O) groups is 2. The maximum atomic E-state index is 14.4. The number of amides is 2. The lowest BCUT2D eigenvalue weighted by atomic mass is 9.85. The number of nitrogens with zero attached hydrogens (tertiary/aromatic N) is 6. The average Bonchev–Trinajstić information content (AvgIpc) is 3.72. The zero-order valence-corrected chi connectivity index (χ0v) is 25.0. The van der Waals surface area contributed by atoms with Crippen LogP contribution in [-0.4, -0.2) is 60.3 Å². The minimum absolute atomic E-state index is 0.0553. The van der Waals surface area contributed by atoms with Crippen molar-refractivity contribution in [1.29, 1.82) is 0 Å². The van der Waals surface area contributed by atoms with Crippen LogP contribution in [0.5, 0.6) is 5.75 Å². The number of pyridine rings is 1. The largest absolute Gasteiger partial charge is 0.483 e. The molecular weight excluding hydrogens is 619 g/mol. The van der Waals surface area contributed by atoms with Gasteiger partial charge in [0.15, 0.2) is 22.9 Å². The lowest BCUT2D eigenvalue weighted by molar-refractivity contribution is -0.0656. The summed E-state index contributed by atoms with van der Waals surface area (Å²) < 4.78 is 51.2. The molecule has 1 saturated heterocycles. The van der Waals surface area contributed by atoms with Gasteiger partial charge < -0.3 is 24.4 Å². The minimum atomic E-state index is -1.20. The van der Waals surface area contributed by atoms with Gasteiger partial charge in [0.1, 0.15) is 29.6 Å². The quantitative estimate of drug-likeness (QED) is 0.339. The third kappa shape index (κ3) is 5.30. The highest BCUT2D eigenvalue weighted by molar-refractivity contribution is 5.99. The summed E-state index contributed by atoms with van der Waals surface area (Å²) >= 11 is 0. The Morgan fingerprint density at radius 3 is 2.64 bits per heavy atom. The van der Waals surface area contributed by atoms with E-state index in [0.717, 1.165) is 0 Å². The molecule has 0 saturated carbocycles. The second-order valence-electron chi connectivity index (χ2n) is 11.8. The van der Waals surface area contributed by atoms with Crippen LogP contribution in [0.3, 0.4) is 0 Å². The molecule has 1 N–H and O–H groups in total. The molecule has 47 heavy (non-hydrogen) atoms. The summed E-state index contributed by atoms with van der Waals surface area (Å²) in [5.74, 6) is -4.79. The van der Waals surface area contributed by atoms with Crippen LogP contribution < -0.4 is 15.5 Å². The summed E-state index contributed by atoms with van der Waals surface area (Å²) in [5.41, 5.74) is -2.24. The number of rotatable bonds is 6. The maximum Gasteiger partial charge on any atom is 0.274 e. The van der Waals surface area contributed by atoms with Gasteiger partial charge in [0.2, 0.25) is 5.43 Å². The van der Waals surface area contributed by atoms with Gasteiger partial charge in [-0.25, -0.2) is 17.9 Å². The number of aromatic nitrogens is 4. The van der Waals surface area contributed by atoms with E-state index >= 15 is 0 Å². The van der Waals surface area contributed by atoms with E-state index in [1.807, 2.05) is 13.0 Å². The fourth-order valence-electron chi connectivity index (χ4n) is 6.42. The van der Waals surface area contributed by atoms with Crippen LogP contribution in [0, 0.1) is 17.5 Å². The summed E-state index contributed by atoms with van der Waals surface area (Å²) in [6, 6.07) is 9.09. The lowest BCUT2D eigenvalue weighted by Crippen LogP contribution is -2.52. The molecule has 2 bridgehead atoms. The van der Waals surface area contributed by atoms with Crippen molar-refractivity contribution in [3.63, 3.8) is 0 Å². The first-order valence-corrected chi connectivity index (χ1v) is 15.0. The fraction of sp³-hybridized carbons (Fsp3) is 0.312. The van der Waals surface area contributed by atoms with Gasteiger partial charge in [0.25, 0.3) is 11.8 Å². The number of fused-ring (bicyclic) bond motifs is 5. The van der Waals surface area contributed by atoms with Crippen LogP contribution in [0.15, 0.2) is 71.0 Å². The molecule has 3 aliphatic heterocycles. The lowest BCUT2D eigenvalue weighted by Gasteiger charge is -2.42. The zero-order chi connectivity index (χ0) is 32.9. The van der Waals surface area contributed by atoms with E-state index in [4.69, 9.17) is 9.57 Å². The van der Waals surface area contributed by atoms with Crippen LogP contribution in [0.4, 0.5) is 13.2 Å². The normalized spacial score (nSPS) is 21.6. The standard InChI is InChI=1S/C32H28F3N7O5/c1-18-7-8-32(13-26(38-47-32)42-10-9-37-39-42)25-16-40(18)31(45)27-29(46-17-19-5-3-2-4-6-19)28(43)22(15-41(25)27)30(44)36-14-21-23(34)11-20(33)12-24(21)35/h2-6,9-12,15,18,25H,7-8,13-14,16-17H2,1H3,(H,36,44)/t18-,25+,32-/m0/s1. The number of carbonyl (C=O) groups excluding carboxylic acids is 2. The van der Waals surface area contributed by atoms with Gasteiger partial charge in [0, 0.05) is 43.0 Å². The molecule has 0 radical (unpaired) electrons. The van der Waals surface area contributed by atoms with Crippen molar-refractivity contribution in [2.24, 2.45) is 5.16 Å². The van der Waals surface area contributed by atoms with Crippen LogP contribution in [0.2, 0.25) is 0 Å². The van der Waals surface area contributed by atoms with Crippen molar-refractivity contribution in [1.82, 2.24) is 29.8 Å². The summed E-state index contributed by atoms with van der Waals surface area (Å²) in [6.07, 6.45) is 5.71. The molecule has 4 aromatic rings. The molecule has 242 valence electrons. The van der Waals surface area contributed by atoms with Crippen molar-refractivity contribution in [2.45, 2.75) is 57.0 Å². The Kier molecular flexibility index (Phi) is 7.53. The van der Waals surface area contributed by atoms with Crippen molar-refractivity contribution in [3.8, 4) is 5.75 Å². The number of halogens is 3. The van der Waals surface area contributed by atoms with E-state index in [2.05, 4.69) is 20.8 Å². The number of oxime groups is 1. The first-order valence-electron chi connectivity index (χ1n) is 15.0. The monoisotopic (exact) mass is 647 g/mol. The molecule has 15 heteroatoms. The highest BCUT2D eigenvalue weighted by Crippen LogP contribution is 2.46. The Bertz CT molecular complexity index is 1940. The van der Waals surface area contributed by atoms with E-state index in [-0.39, 0.29) is 37.1 Å². The molecule has 2 aromatic heterocycles. The van der Waals surface area contributed by atoms with Gasteiger partial charge in [-0.3, -0.25) is 14.4 Å². The minimum Gasteiger partial charge on any atom is -0.483 e. The van der Waals surface area contributed by atoms with Crippen LogP contribution in [0.25, 0.3) is 0 Å². The number of nitrogens with one attached hydrogen (secondary N) is 1. The number of ether oxygens (including phenoxy) is 1. The molecule has 3 aliphatic rings. The molecular formula is C32H28F3N7O5. The third-order valence-electron chi connectivity index (χ3n) is 8.97. The Balaban J connectivity index is 1.32. The van der Waals surface area contributed by atoms with E-state index in [9.17, 15) is 27.6 Å². The second-order valence-corrected chi connectivity index (χ2v) is 11.8. The van der Waals surface area contributed by atoms with Crippen LogP contribution >= 0.6 is 0 Å². The third-order valence-corrected chi connectivity index (χ3v) is 8.97. The highest BCUT2D eigenvalue weighted by atomic mass is 19.1. The summed E-state index contributed by atoms with van der Waals surface area (Å²) in [7, 11) is 0. The topological polar surface area (TPSA) is 133 Å². The highest BCUT2D eigenvalue weighted by Gasteiger charge is 2.55. The average molecular weight is 648 g/mol. The molecule has 7 rings (SSSR count). The number of benzene rings is 2. The van der Waals surface area contributed by atoms with Gasteiger partial charge in [-0.15, -0.1) is 5.10 Å². The summed E-state index contributed by atoms with van der Waals surface area (Å²) in [5, 5.41) is 14.5. The summed E-state index contributed by atoms with van der Waals surface area (Å²) in [4.78, 5) is 49.5. The zero-order valence-electron chi connectivity index (χ0n) is 25.0. The fourth-order valence-corrected chi connectivity index (χ4v) is 6.42. The van der Waals surface area contributed by atoms with Gasteiger partial charge in [0.05, 0.1) is 24.9 Å². The second kappa shape index (κ2) is 11.7. The van der Waals surface area contributed by atoms with E-state index in [0.29, 0.717) is 36.4 Å².